The zero-order valence-electron chi connectivity index (χ0n) is 6.93. The van der Waals surface area contributed by atoms with Crippen LogP contribution in [0, 0.1) is 0 Å². The van der Waals surface area contributed by atoms with Crippen LogP contribution in [0.4, 0.5) is 0 Å². The van der Waals surface area contributed by atoms with E-state index in [0.717, 1.165) is 11.4 Å². The zero-order valence-corrected chi connectivity index (χ0v) is 7.75. The number of aromatic nitrogens is 2. The van der Waals surface area contributed by atoms with E-state index in [4.69, 9.17) is 4.42 Å². The fourth-order valence-electron chi connectivity index (χ4n) is 0.985. The summed E-state index contributed by atoms with van der Waals surface area (Å²) in [7, 11) is 0. The van der Waals surface area contributed by atoms with Crippen molar-refractivity contribution in [3.63, 3.8) is 0 Å². The largest absolute Gasteiger partial charge is 0.448 e. The maximum absolute atomic E-state index is 5.21. The van der Waals surface area contributed by atoms with E-state index in [9.17, 15) is 0 Å². The Bertz CT molecular complexity index is 391. The first-order chi connectivity index (χ1) is 6.40. The van der Waals surface area contributed by atoms with Gasteiger partial charge in [0.25, 0.3) is 0 Å². The predicted molar refractivity (Wildman–Crippen MR) is 51.5 cm³/mol. The summed E-state index contributed by atoms with van der Waals surface area (Å²) < 4.78 is 5.21. The molecule has 4 heteroatoms. The van der Waals surface area contributed by atoms with Crippen molar-refractivity contribution in [2.24, 2.45) is 0 Å². The van der Waals surface area contributed by atoms with Gasteiger partial charge >= 0.3 is 0 Å². The van der Waals surface area contributed by atoms with Gasteiger partial charge in [0.05, 0.1) is 5.51 Å². The third-order valence-electron chi connectivity index (χ3n) is 1.57. The van der Waals surface area contributed by atoms with Gasteiger partial charge in [-0.3, -0.25) is 0 Å². The topological polar surface area (TPSA) is 38.9 Å². The third kappa shape index (κ3) is 1.67. The Morgan fingerprint density at radius 2 is 2.46 bits per heavy atom. The summed E-state index contributed by atoms with van der Waals surface area (Å²) in [6, 6.07) is 0. The molecule has 0 bridgehead atoms. The van der Waals surface area contributed by atoms with Crippen molar-refractivity contribution in [1.82, 2.24) is 9.97 Å². The quantitative estimate of drug-likeness (QED) is 0.701. The molecule has 13 heavy (non-hydrogen) atoms. The van der Waals surface area contributed by atoms with Crippen molar-refractivity contribution < 1.29 is 4.42 Å². The molecule has 2 aromatic rings. The fraction of sp³-hybridized carbons (Fsp3) is 0.111. The summed E-state index contributed by atoms with van der Waals surface area (Å²) in [6.45, 7) is 3.61. The SMILES string of the molecule is C=CCc1nc(-c2cscn2)co1. The summed E-state index contributed by atoms with van der Waals surface area (Å²) in [6.07, 6.45) is 4.04. The highest BCUT2D eigenvalue weighted by molar-refractivity contribution is 7.07. The van der Waals surface area contributed by atoms with Crippen LogP contribution in [0.1, 0.15) is 5.89 Å². The molecule has 0 aromatic carbocycles. The predicted octanol–water partition coefficient (Wildman–Crippen LogP) is 2.53. The first kappa shape index (κ1) is 8.19. The van der Waals surface area contributed by atoms with Gasteiger partial charge in [-0.15, -0.1) is 17.9 Å². The smallest absolute Gasteiger partial charge is 0.198 e. The molecule has 0 atom stereocenters. The van der Waals surface area contributed by atoms with Gasteiger partial charge in [0.1, 0.15) is 17.7 Å². The van der Waals surface area contributed by atoms with Gasteiger partial charge in [-0.2, -0.15) is 0 Å². The van der Waals surface area contributed by atoms with Gasteiger partial charge in [0.2, 0.25) is 0 Å². The normalized spacial score (nSPS) is 10.2. The number of thiazole rings is 1. The molecule has 2 heterocycles. The Hall–Kier alpha value is -1.42. The van der Waals surface area contributed by atoms with Crippen LogP contribution in [0.15, 0.2) is 34.2 Å². The van der Waals surface area contributed by atoms with Gasteiger partial charge in [-0.1, -0.05) is 6.08 Å². The number of rotatable bonds is 3. The van der Waals surface area contributed by atoms with E-state index in [0.29, 0.717) is 12.3 Å². The molecule has 0 aliphatic heterocycles. The maximum atomic E-state index is 5.21. The fourth-order valence-corrected chi connectivity index (χ4v) is 1.53. The van der Waals surface area contributed by atoms with Gasteiger partial charge < -0.3 is 4.42 Å². The third-order valence-corrected chi connectivity index (χ3v) is 2.15. The van der Waals surface area contributed by atoms with Crippen LogP contribution in [0.3, 0.4) is 0 Å². The van der Waals surface area contributed by atoms with Crippen LogP contribution in [0.25, 0.3) is 11.4 Å². The first-order valence-corrected chi connectivity index (χ1v) is 4.78. The average molecular weight is 192 g/mol. The molecule has 2 rings (SSSR count). The van der Waals surface area contributed by atoms with Crippen LogP contribution >= 0.6 is 11.3 Å². The molecule has 2 aromatic heterocycles. The minimum atomic E-state index is 0.657. The molecule has 0 fully saturated rings. The van der Waals surface area contributed by atoms with Crippen molar-refractivity contribution in [3.05, 3.63) is 35.7 Å². The second-order valence-corrected chi connectivity index (χ2v) is 3.21. The number of nitrogens with zero attached hydrogens (tertiary/aromatic N) is 2. The van der Waals surface area contributed by atoms with Gasteiger partial charge in [0, 0.05) is 11.8 Å². The Kier molecular flexibility index (Phi) is 2.23. The summed E-state index contributed by atoms with van der Waals surface area (Å²) in [5.41, 5.74) is 3.43. The van der Waals surface area contributed by atoms with Crippen molar-refractivity contribution >= 4 is 11.3 Å². The van der Waals surface area contributed by atoms with E-state index in [-0.39, 0.29) is 0 Å². The molecule has 0 amide bonds. The molecule has 0 saturated heterocycles. The molecule has 0 N–H and O–H groups in total. The first-order valence-electron chi connectivity index (χ1n) is 3.84. The monoisotopic (exact) mass is 192 g/mol. The van der Waals surface area contributed by atoms with Crippen molar-refractivity contribution in [2.45, 2.75) is 6.42 Å². The number of hydrogen-bond acceptors (Lipinski definition) is 4. The zero-order chi connectivity index (χ0) is 9.10. The van der Waals surface area contributed by atoms with E-state index in [1.165, 1.54) is 0 Å². The second kappa shape index (κ2) is 3.53. The molecule has 0 saturated carbocycles. The Balaban J connectivity index is 2.28. The molecular formula is C9H8N2OS. The number of hydrogen-bond donors (Lipinski definition) is 0. The van der Waals surface area contributed by atoms with E-state index < -0.39 is 0 Å². The summed E-state index contributed by atoms with van der Waals surface area (Å²) in [5, 5.41) is 1.94. The van der Waals surface area contributed by atoms with Crippen LogP contribution in [0.2, 0.25) is 0 Å². The summed E-state index contributed by atoms with van der Waals surface area (Å²) >= 11 is 1.54. The standard InChI is InChI=1S/C9H8N2OS/c1-2-3-9-11-7(4-12-9)8-5-13-6-10-8/h2,4-6H,1,3H2. The maximum Gasteiger partial charge on any atom is 0.198 e. The Morgan fingerprint density at radius 1 is 1.54 bits per heavy atom. The molecule has 0 unspecified atom stereocenters. The van der Waals surface area contributed by atoms with E-state index in [1.54, 1.807) is 29.2 Å². The van der Waals surface area contributed by atoms with Gasteiger partial charge in [-0.05, 0) is 0 Å². The lowest BCUT2D eigenvalue weighted by Gasteiger charge is -1.84. The Labute approximate surface area is 79.8 Å². The second-order valence-electron chi connectivity index (χ2n) is 2.49. The lowest BCUT2D eigenvalue weighted by atomic mass is 10.4. The van der Waals surface area contributed by atoms with Crippen molar-refractivity contribution in [3.8, 4) is 11.4 Å². The van der Waals surface area contributed by atoms with Crippen molar-refractivity contribution in [2.75, 3.05) is 0 Å². The Morgan fingerprint density at radius 3 is 3.15 bits per heavy atom. The lowest BCUT2D eigenvalue weighted by Crippen LogP contribution is -1.80. The van der Waals surface area contributed by atoms with Crippen LogP contribution in [0.5, 0.6) is 0 Å². The molecular weight excluding hydrogens is 184 g/mol. The minimum Gasteiger partial charge on any atom is -0.448 e. The molecule has 3 nitrogen and oxygen atoms in total. The van der Waals surface area contributed by atoms with E-state index >= 15 is 0 Å². The van der Waals surface area contributed by atoms with E-state index in [2.05, 4.69) is 16.5 Å². The molecule has 66 valence electrons. The highest BCUT2D eigenvalue weighted by Crippen LogP contribution is 2.18. The molecule has 0 aliphatic carbocycles. The van der Waals surface area contributed by atoms with Crippen LogP contribution in [-0.2, 0) is 6.42 Å². The summed E-state index contributed by atoms with van der Waals surface area (Å²) in [5.74, 6) is 0.679. The van der Waals surface area contributed by atoms with Crippen LogP contribution < -0.4 is 0 Å². The highest BCUT2D eigenvalue weighted by atomic mass is 32.1. The van der Waals surface area contributed by atoms with Crippen LogP contribution in [-0.4, -0.2) is 9.97 Å². The van der Waals surface area contributed by atoms with Gasteiger partial charge in [-0.25, -0.2) is 9.97 Å². The molecule has 0 radical (unpaired) electrons. The minimum absolute atomic E-state index is 0.657. The molecule has 0 aliphatic rings. The lowest BCUT2D eigenvalue weighted by molar-refractivity contribution is 0.509. The van der Waals surface area contributed by atoms with E-state index in [1.807, 2.05) is 5.38 Å². The average Bonchev–Trinajstić information content (AvgIpc) is 2.70. The number of oxazole rings is 1. The highest BCUT2D eigenvalue weighted by Gasteiger charge is 2.05. The number of allylic oxidation sites excluding steroid dienone is 1. The van der Waals surface area contributed by atoms with Crippen molar-refractivity contribution in [1.29, 1.82) is 0 Å². The van der Waals surface area contributed by atoms with Gasteiger partial charge in [0.15, 0.2) is 5.89 Å². The molecule has 0 spiro atoms. The summed E-state index contributed by atoms with van der Waals surface area (Å²) in [4.78, 5) is 8.38.